The third-order valence-corrected chi connectivity index (χ3v) is 13.3. The Balaban J connectivity index is 0.960. The lowest BCUT2D eigenvalue weighted by molar-refractivity contribution is 0.670. The molecule has 0 amide bonds. The van der Waals surface area contributed by atoms with E-state index in [0.717, 1.165) is 77.9 Å². The second kappa shape index (κ2) is 15.5. The van der Waals surface area contributed by atoms with E-state index in [2.05, 4.69) is 241 Å². The van der Waals surface area contributed by atoms with Gasteiger partial charge in [-0.3, -0.25) is 4.57 Å². The van der Waals surface area contributed by atoms with Gasteiger partial charge in [-0.15, -0.1) is 0 Å². The van der Waals surface area contributed by atoms with Crippen LogP contribution in [0.15, 0.2) is 247 Å². The molecule has 3 heterocycles. The summed E-state index contributed by atoms with van der Waals surface area (Å²) in [7, 11) is 0. The molecule has 0 unspecified atom stereocenters. The number of hydrogen-bond donors (Lipinski definition) is 0. The van der Waals surface area contributed by atoms with E-state index < -0.39 is 0 Å². The second-order valence-electron chi connectivity index (χ2n) is 17.1. The van der Waals surface area contributed by atoms with Crippen LogP contribution in [0.25, 0.3) is 127 Å². The van der Waals surface area contributed by atoms with Crippen molar-refractivity contribution in [3.05, 3.63) is 243 Å². The Hall–Kier alpha value is -8.79. The predicted octanol–water partition coefficient (Wildman–Crippen LogP) is 17.2. The van der Waals surface area contributed by atoms with Gasteiger partial charge in [-0.2, -0.15) is 0 Å². The molecule has 0 aliphatic carbocycles. The lowest BCUT2D eigenvalue weighted by Gasteiger charge is -2.14. The first-order chi connectivity index (χ1) is 32.7. The molecule has 0 N–H and O–H groups in total. The Morgan fingerprint density at radius 2 is 0.788 bits per heavy atom. The van der Waals surface area contributed by atoms with Gasteiger partial charge in [-0.05, 0) is 97.2 Å². The van der Waals surface area contributed by atoms with Gasteiger partial charge in [0.25, 0.3) is 0 Å². The van der Waals surface area contributed by atoms with Crippen LogP contribution in [0.4, 0.5) is 0 Å². The van der Waals surface area contributed by atoms with E-state index in [1.165, 1.54) is 49.4 Å². The zero-order valence-electron chi connectivity index (χ0n) is 35.9. The third kappa shape index (κ3) is 6.32. The minimum absolute atomic E-state index is 0.871. The number of nitrogens with zero attached hydrogens (tertiary/aromatic N) is 2. The highest BCUT2D eigenvalue weighted by Gasteiger charge is 2.19. The van der Waals surface area contributed by atoms with Crippen molar-refractivity contribution in [3.63, 3.8) is 0 Å². The van der Waals surface area contributed by atoms with Gasteiger partial charge in [-0.25, -0.2) is 4.98 Å². The molecule has 0 aliphatic heterocycles. The van der Waals surface area contributed by atoms with E-state index in [1.54, 1.807) is 0 Å². The lowest BCUT2D eigenvalue weighted by atomic mass is 9.92. The Bertz CT molecular complexity index is 3850. The van der Waals surface area contributed by atoms with Crippen LogP contribution in [0.3, 0.4) is 0 Å². The Kier molecular flexibility index (Phi) is 8.85. The van der Waals surface area contributed by atoms with E-state index in [0.29, 0.717) is 0 Å². The zero-order chi connectivity index (χ0) is 43.6. The SMILES string of the molecule is c1ccc(-c2ccc(-c3cc(-c4ccc(-c5ccccc5)cc4)nc(-n4c5ccccc5c5cc(-c6cccc7c(-c8cccc9c8oc8ccccc89)cccc67)ccc54)c3)cc2)cc1. The molecule has 3 heteroatoms. The molecule has 0 aliphatic rings. The van der Waals surface area contributed by atoms with Crippen LogP contribution < -0.4 is 0 Å². The smallest absolute Gasteiger partial charge is 0.143 e. The van der Waals surface area contributed by atoms with Gasteiger partial charge in [0.1, 0.15) is 17.0 Å². The molecular formula is C63H40N2O. The molecule has 0 saturated heterocycles. The van der Waals surface area contributed by atoms with Crippen molar-refractivity contribution in [1.29, 1.82) is 0 Å². The van der Waals surface area contributed by atoms with E-state index in [4.69, 9.17) is 9.40 Å². The summed E-state index contributed by atoms with van der Waals surface area (Å²) in [6.45, 7) is 0. The van der Waals surface area contributed by atoms with Gasteiger partial charge >= 0.3 is 0 Å². The number of fused-ring (bicyclic) bond motifs is 7. The maximum Gasteiger partial charge on any atom is 0.143 e. The average molecular weight is 841 g/mol. The van der Waals surface area contributed by atoms with E-state index >= 15 is 0 Å². The number of hydrogen-bond acceptors (Lipinski definition) is 2. The van der Waals surface area contributed by atoms with Crippen molar-refractivity contribution in [2.45, 2.75) is 0 Å². The third-order valence-electron chi connectivity index (χ3n) is 13.3. The lowest BCUT2D eigenvalue weighted by Crippen LogP contribution is -2.00. The van der Waals surface area contributed by atoms with E-state index in [-0.39, 0.29) is 0 Å². The summed E-state index contributed by atoms with van der Waals surface area (Å²) in [5.74, 6) is 0.871. The average Bonchev–Trinajstić information content (AvgIpc) is 3.95. The molecule has 0 spiro atoms. The molecule has 0 saturated carbocycles. The maximum absolute atomic E-state index is 6.53. The van der Waals surface area contributed by atoms with Gasteiger partial charge in [-0.1, -0.05) is 206 Å². The molecule has 308 valence electrons. The van der Waals surface area contributed by atoms with Crippen LogP contribution in [0.1, 0.15) is 0 Å². The fraction of sp³-hybridized carbons (Fsp3) is 0. The van der Waals surface area contributed by atoms with Crippen LogP contribution in [-0.2, 0) is 0 Å². The molecule has 13 rings (SSSR count). The second-order valence-corrected chi connectivity index (χ2v) is 17.1. The molecule has 0 radical (unpaired) electrons. The van der Waals surface area contributed by atoms with Crippen LogP contribution in [-0.4, -0.2) is 9.55 Å². The van der Waals surface area contributed by atoms with Gasteiger partial charge in [0.15, 0.2) is 0 Å². The zero-order valence-corrected chi connectivity index (χ0v) is 35.9. The molecule has 13 aromatic rings. The van der Waals surface area contributed by atoms with E-state index in [1.807, 2.05) is 6.07 Å². The number of furan rings is 1. The highest BCUT2D eigenvalue weighted by molar-refractivity contribution is 6.15. The Labute approximate surface area is 382 Å². The summed E-state index contributed by atoms with van der Waals surface area (Å²) in [5, 5.41) is 7.01. The summed E-state index contributed by atoms with van der Waals surface area (Å²) < 4.78 is 8.87. The monoisotopic (exact) mass is 840 g/mol. The molecule has 10 aromatic carbocycles. The van der Waals surface area contributed by atoms with Crippen molar-refractivity contribution >= 4 is 54.5 Å². The normalized spacial score (nSPS) is 11.6. The Morgan fingerprint density at radius 1 is 0.288 bits per heavy atom. The van der Waals surface area contributed by atoms with Crippen LogP contribution >= 0.6 is 0 Å². The molecular weight excluding hydrogens is 801 g/mol. The highest BCUT2D eigenvalue weighted by Crippen LogP contribution is 2.42. The fourth-order valence-corrected chi connectivity index (χ4v) is 10.0. The Morgan fingerprint density at radius 3 is 1.50 bits per heavy atom. The van der Waals surface area contributed by atoms with Gasteiger partial charge in [0.05, 0.1) is 16.7 Å². The van der Waals surface area contributed by atoms with Crippen molar-refractivity contribution < 1.29 is 4.42 Å². The molecule has 0 atom stereocenters. The fourth-order valence-electron chi connectivity index (χ4n) is 10.0. The standard InChI is InChI=1S/C63H40N2O/c1-3-14-41(15-4-1)43-28-30-45(31-29-43)48-39-58(46-34-32-44(33-35-46)42-16-5-2-6-17-42)64-62(40-48)65-59-26-9-7-18-53(59)57-38-47(36-37-60(57)65)49-20-11-22-51-50(49)21-12-23-52(51)55-24-13-25-56-54-19-8-10-27-61(54)66-63(55)56/h1-40H. The number of pyridine rings is 1. The highest BCUT2D eigenvalue weighted by atomic mass is 16.3. The van der Waals surface area contributed by atoms with Crippen molar-refractivity contribution in [1.82, 2.24) is 9.55 Å². The number of aromatic nitrogens is 2. The predicted molar refractivity (Wildman–Crippen MR) is 276 cm³/mol. The van der Waals surface area contributed by atoms with Gasteiger partial charge < -0.3 is 4.42 Å². The minimum atomic E-state index is 0.871. The number of para-hydroxylation sites is 3. The quantitative estimate of drug-likeness (QED) is 0.160. The summed E-state index contributed by atoms with van der Waals surface area (Å²) in [6, 6.07) is 87.0. The van der Waals surface area contributed by atoms with Crippen molar-refractivity contribution in [3.8, 4) is 72.7 Å². The molecule has 66 heavy (non-hydrogen) atoms. The summed E-state index contributed by atoms with van der Waals surface area (Å²) in [5.41, 5.74) is 17.6. The first-order valence-corrected chi connectivity index (χ1v) is 22.5. The first kappa shape index (κ1) is 37.7. The topological polar surface area (TPSA) is 31.0 Å². The summed E-state index contributed by atoms with van der Waals surface area (Å²) in [4.78, 5) is 5.49. The van der Waals surface area contributed by atoms with Gasteiger partial charge in [0.2, 0.25) is 0 Å². The molecule has 3 nitrogen and oxygen atoms in total. The number of rotatable bonds is 7. The molecule has 0 fully saturated rings. The van der Waals surface area contributed by atoms with Crippen molar-refractivity contribution in [2.75, 3.05) is 0 Å². The van der Waals surface area contributed by atoms with E-state index in [9.17, 15) is 0 Å². The van der Waals surface area contributed by atoms with Crippen LogP contribution in [0.2, 0.25) is 0 Å². The summed E-state index contributed by atoms with van der Waals surface area (Å²) >= 11 is 0. The minimum Gasteiger partial charge on any atom is -0.455 e. The summed E-state index contributed by atoms with van der Waals surface area (Å²) in [6.07, 6.45) is 0. The largest absolute Gasteiger partial charge is 0.455 e. The van der Waals surface area contributed by atoms with Crippen LogP contribution in [0.5, 0.6) is 0 Å². The van der Waals surface area contributed by atoms with Crippen LogP contribution in [0, 0.1) is 0 Å². The first-order valence-electron chi connectivity index (χ1n) is 22.5. The maximum atomic E-state index is 6.53. The molecule has 0 bridgehead atoms. The molecule has 3 aromatic heterocycles. The van der Waals surface area contributed by atoms with Crippen molar-refractivity contribution in [2.24, 2.45) is 0 Å². The number of benzene rings is 10. The van der Waals surface area contributed by atoms with Gasteiger partial charge in [0, 0.05) is 32.7 Å².